The zero-order chi connectivity index (χ0) is 4.28. The van der Waals surface area contributed by atoms with Crippen LogP contribution in [0.2, 0.25) is 0 Å². The number of alkyl halides is 1. The predicted molar refractivity (Wildman–Crippen MR) is 31.6 cm³/mol. The second-order valence-electron chi connectivity index (χ2n) is 1.13. The third-order valence-corrected chi connectivity index (χ3v) is 0.730. The molecule has 40 valence electrons. The molecule has 2 N–H and O–H groups in total. The van der Waals surface area contributed by atoms with E-state index in [1.54, 1.807) is 0 Å². The fourth-order valence-electron chi connectivity index (χ4n) is 0. The molecule has 0 aliphatic heterocycles. The standard InChI is InChI=1S/C3H8ClN.ClH/c1-3(5)2-4;/h3H,2,5H2,1H3;1H/t3-;/m1./s1. The van der Waals surface area contributed by atoms with E-state index >= 15 is 0 Å². The topological polar surface area (TPSA) is 26.0 Å². The first-order valence-electron chi connectivity index (χ1n) is 1.59. The Morgan fingerprint density at radius 2 is 2.00 bits per heavy atom. The summed E-state index contributed by atoms with van der Waals surface area (Å²) in [6.07, 6.45) is 0. The Morgan fingerprint density at radius 1 is 1.83 bits per heavy atom. The summed E-state index contributed by atoms with van der Waals surface area (Å²) in [6, 6.07) is 0.150. The van der Waals surface area contributed by atoms with E-state index in [0.29, 0.717) is 5.88 Å². The molecule has 1 nitrogen and oxygen atoms in total. The molecule has 0 aliphatic carbocycles. The molecule has 0 spiro atoms. The van der Waals surface area contributed by atoms with Gasteiger partial charge in [-0.2, -0.15) is 0 Å². The van der Waals surface area contributed by atoms with Crippen LogP contribution in [0.3, 0.4) is 0 Å². The van der Waals surface area contributed by atoms with Crippen molar-refractivity contribution in [1.82, 2.24) is 0 Å². The lowest BCUT2D eigenvalue weighted by Crippen LogP contribution is -2.15. The highest BCUT2D eigenvalue weighted by atomic mass is 35.5. The van der Waals surface area contributed by atoms with Gasteiger partial charge in [-0.25, -0.2) is 0 Å². The largest absolute Gasteiger partial charge is 0.327 e. The van der Waals surface area contributed by atoms with Crippen LogP contribution in [0.25, 0.3) is 0 Å². The highest BCUT2D eigenvalue weighted by Gasteiger charge is 1.81. The van der Waals surface area contributed by atoms with Gasteiger partial charge in [0.2, 0.25) is 0 Å². The first-order chi connectivity index (χ1) is 2.27. The van der Waals surface area contributed by atoms with Crippen molar-refractivity contribution in [2.24, 2.45) is 5.73 Å². The Labute approximate surface area is 49.3 Å². The summed E-state index contributed by atoms with van der Waals surface area (Å²) in [5, 5.41) is 0. The maximum Gasteiger partial charge on any atom is 0.0372 e. The number of halogens is 2. The molecule has 0 saturated carbocycles. The zero-order valence-corrected chi connectivity index (χ0v) is 5.22. The van der Waals surface area contributed by atoms with Gasteiger partial charge in [-0.15, -0.1) is 24.0 Å². The summed E-state index contributed by atoms with van der Waals surface area (Å²) in [7, 11) is 0. The second-order valence-corrected chi connectivity index (χ2v) is 1.44. The molecule has 0 aromatic carbocycles. The van der Waals surface area contributed by atoms with Crippen LogP contribution in [0.1, 0.15) is 6.92 Å². The molecular weight excluding hydrogens is 121 g/mol. The third kappa shape index (κ3) is 8.82. The van der Waals surface area contributed by atoms with E-state index in [-0.39, 0.29) is 18.4 Å². The van der Waals surface area contributed by atoms with Crippen LogP contribution < -0.4 is 5.73 Å². The molecule has 1 atom stereocenters. The Kier molecular flexibility index (Phi) is 8.99. The van der Waals surface area contributed by atoms with Gasteiger partial charge in [0.05, 0.1) is 0 Å². The smallest absolute Gasteiger partial charge is 0.0372 e. The van der Waals surface area contributed by atoms with Gasteiger partial charge in [-0.1, -0.05) is 0 Å². The lowest BCUT2D eigenvalue weighted by molar-refractivity contribution is 0.842. The molecule has 0 bridgehead atoms. The van der Waals surface area contributed by atoms with Crippen molar-refractivity contribution in [2.45, 2.75) is 13.0 Å². The summed E-state index contributed by atoms with van der Waals surface area (Å²) >= 11 is 5.21. The predicted octanol–water partition coefficient (Wildman–Crippen LogP) is 0.994. The Morgan fingerprint density at radius 3 is 2.00 bits per heavy atom. The average Bonchev–Trinajstić information content (AvgIpc) is 1.38. The molecule has 0 rings (SSSR count). The molecular formula is C3H9Cl2N. The van der Waals surface area contributed by atoms with Crippen molar-refractivity contribution in [2.75, 3.05) is 5.88 Å². The summed E-state index contributed by atoms with van der Waals surface area (Å²) in [6.45, 7) is 1.87. The van der Waals surface area contributed by atoms with E-state index in [1.165, 1.54) is 0 Å². The van der Waals surface area contributed by atoms with Gasteiger partial charge in [0, 0.05) is 11.9 Å². The molecule has 0 aromatic heterocycles. The molecule has 0 unspecified atom stereocenters. The number of rotatable bonds is 1. The molecule has 0 aliphatic rings. The zero-order valence-electron chi connectivity index (χ0n) is 3.65. The number of hydrogen-bond donors (Lipinski definition) is 1. The van der Waals surface area contributed by atoms with Crippen LogP contribution in [0.4, 0.5) is 0 Å². The molecule has 0 amide bonds. The van der Waals surface area contributed by atoms with Crippen molar-refractivity contribution in [3.63, 3.8) is 0 Å². The van der Waals surface area contributed by atoms with Crippen molar-refractivity contribution in [3.8, 4) is 0 Å². The van der Waals surface area contributed by atoms with Crippen LogP contribution in [0.15, 0.2) is 0 Å². The van der Waals surface area contributed by atoms with E-state index in [4.69, 9.17) is 17.3 Å². The highest BCUT2D eigenvalue weighted by Crippen LogP contribution is 1.76. The monoisotopic (exact) mass is 129 g/mol. The maximum absolute atomic E-state index is 5.21. The van der Waals surface area contributed by atoms with E-state index < -0.39 is 0 Å². The summed E-state index contributed by atoms with van der Waals surface area (Å²) in [4.78, 5) is 0. The van der Waals surface area contributed by atoms with Gasteiger partial charge in [0.25, 0.3) is 0 Å². The molecule has 6 heavy (non-hydrogen) atoms. The minimum Gasteiger partial charge on any atom is -0.327 e. The first-order valence-corrected chi connectivity index (χ1v) is 2.12. The van der Waals surface area contributed by atoms with Gasteiger partial charge in [-0.05, 0) is 6.92 Å². The lowest BCUT2D eigenvalue weighted by atomic mass is 10.4. The van der Waals surface area contributed by atoms with E-state index in [1.807, 2.05) is 6.92 Å². The van der Waals surface area contributed by atoms with E-state index in [2.05, 4.69) is 0 Å². The molecule has 0 fully saturated rings. The molecule has 0 aromatic rings. The molecule has 0 radical (unpaired) electrons. The second kappa shape index (κ2) is 5.54. The van der Waals surface area contributed by atoms with Crippen molar-refractivity contribution in [1.29, 1.82) is 0 Å². The Balaban J connectivity index is 0. The minimum absolute atomic E-state index is 0. The Hall–Kier alpha value is 0.540. The maximum atomic E-state index is 5.21. The number of nitrogens with two attached hydrogens (primary N) is 1. The van der Waals surface area contributed by atoms with Gasteiger partial charge in [0.1, 0.15) is 0 Å². The van der Waals surface area contributed by atoms with Crippen LogP contribution in [-0.4, -0.2) is 11.9 Å². The molecule has 0 heterocycles. The third-order valence-electron chi connectivity index (χ3n) is 0.243. The fourth-order valence-corrected chi connectivity index (χ4v) is 0. The van der Waals surface area contributed by atoms with Gasteiger partial charge in [-0.3, -0.25) is 0 Å². The quantitative estimate of drug-likeness (QED) is 0.526. The highest BCUT2D eigenvalue weighted by molar-refractivity contribution is 6.18. The van der Waals surface area contributed by atoms with E-state index in [9.17, 15) is 0 Å². The van der Waals surface area contributed by atoms with Gasteiger partial charge >= 0.3 is 0 Å². The van der Waals surface area contributed by atoms with Crippen molar-refractivity contribution < 1.29 is 0 Å². The minimum atomic E-state index is 0. The average molecular weight is 130 g/mol. The molecule has 3 heteroatoms. The van der Waals surface area contributed by atoms with Gasteiger partial charge in [0.15, 0.2) is 0 Å². The van der Waals surface area contributed by atoms with Crippen molar-refractivity contribution in [3.05, 3.63) is 0 Å². The van der Waals surface area contributed by atoms with Crippen molar-refractivity contribution >= 4 is 24.0 Å². The number of hydrogen-bond acceptors (Lipinski definition) is 1. The van der Waals surface area contributed by atoms with Gasteiger partial charge < -0.3 is 5.73 Å². The first kappa shape index (κ1) is 9.74. The summed E-state index contributed by atoms with van der Waals surface area (Å²) < 4.78 is 0. The van der Waals surface area contributed by atoms with Crippen LogP contribution >= 0.6 is 24.0 Å². The van der Waals surface area contributed by atoms with Crippen LogP contribution in [-0.2, 0) is 0 Å². The Bertz CT molecular complexity index is 22.8. The summed E-state index contributed by atoms with van der Waals surface area (Å²) in [5.41, 5.74) is 5.16. The van der Waals surface area contributed by atoms with Crippen LogP contribution in [0.5, 0.6) is 0 Å². The fraction of sp³-hybridized carbons (Fsp3) is 1.00. The normalized spacial score (nSPS) is 12.5. The lowest BCUT2D eigenvalue weighted by Gasteiger charge is -1.89. The molecule has 0 saturated heterocycles. The van der Waals surface area contributed by atoms with E-state index in [0.717, 1.165) is 0 Å². The van der Waals surface area contributed by atoms with Crippen LogP contribution in [0, 0.1) is 0 Å². The summed E-state index contributed by atoms with van der Waals surface area (Å²) in [5.74, 6) is 0.556. The SMILES string of the molecule is C[C@@H](N)CCl.Cl.